The lowest BCUT2D eigenvalue weighted by molar-refractivity contribution is 0.0990. The van der Waals surface area contributed by atoms with E-state index < -0.39 is 0 Å². The van der Waals surface area contributed by atoms with E-state index in [9.17, 15) is 4.79 Å². The molecule has 0 atom stereocenters. The molecule has 6 nitrogen and oxygen atoms in total. The number of nitrogens with two attached hydrogens (primary N) is 1. The zero-order chi connectivity index (χ0) is 15.0. The smallest absolute Gasteiger partial charge is 0.267 e. The number of carbonyl (C=O) groups excluding carboxylic acids is 1. The third kappa shape index (κ3) is 2.54. The molecule has 8 heteroatoms. The summed E-state index contributed by atoms with van der Waals surface area (Å²) in [4.78, 5) is 22.0. The Morgan fingerprint density at radius 1 is 1.38 bits per heavy atom. The molecule has 0 bridgehead atoms. The SMILES string of the molecule is Nc1ncnc2c1C(=O)N(c1ccc(Br)c(Cl)c1)CCO2. The molecule has 1 amide bonds. The Morgan fingerprint density at radius 2 is 2.19 bits per heavy atom. The van der Waals surface area contributed by atoms with E-state index in [1.54, 1.807) is 23.1 Å². The number of anilines is 2. The standard InChI is InChI=1S/C13H10BrClN4O2/c14-8-2-1-7(5-9(8)15)19-3-4-21-12-10(13(19)20)11(16)17-6-18-12/h1-2,5-6H,3-4H2,(H2,16,17,18). The van der Waals surface area contributed by atoms with Gasteiger partial charge in [0, 0.05) is 10.2 Å². The Hall–Kier alpha value is -1.86. The molecule has 1 aliphatic heterocycles. The molecule has 1 aliphatic rings. The van der Waals surface area contributed by atoms with Crippen molar-refractivity contribution in [1.82, 2.24) is 9.97 Å². The van der Waals surface area contributed by atoms with Gasteiger partial charge in [0.2, 0.25) is 5.88 Å². The van der Waals surface area contributed by atoms with Gasteiger partial charge in [-0.25, -0.2) is 9.97 Å². The van der Waals surface area contributed by atoms with E-state index in [0.29, 0.717) is 23.9 Å². The van der Waals surface area contributed by atoms with Crippen molar-refractivity contribution in [3.63, 3.8) is 0 Å². The Kier molecular flexibility index (Phi) is 3.69. The minimum Gasteiger partial charge on any atom is -0.475 e. The van der Waals surface area contributed by atoms with Gasteiger partial charge < -0.3 is 15.4 Å². The molecule has 3 rings (SSSR count). The Labute approximate surface area is 134 Å². The number of halogens is 2. The van der Waals surface area contributed by atoms with Crippen LogP contribution in [-0.4, -0.2) is 29.0 Å². The van der Waals surface area contributed by atoms with Crippen LogP contribution in [0.3, 0.4) is 0 Å². The topological polar surface area (TPSA) is 81.3 Å². The molecule has 0 radical (unpaired) electrons. The van der Waals surface area contributed by atoms with Gasteiger partial charge >= 0.3 is 0 Å². The first-order valence-corrected chi connectivity index (χ1v) is 7.25. The molecule has 0 aliphatic carbocycles. The van der Waals surface area contributed by atoms with E-state index in [0.717, 1.165) is 4.47 Å². The molecule has 1 aromatic carbocycles. The van der Waals surface area contributed by atoms with Crippen molar-refractivity contribution in [3.05, 3.63) is 39.6 Å². The second-order valence-corrected chi connectivity index (χ2v) is 5.60. The predicted octanol–water partition coefficient (Wildman–Crippen LogP) is 2.51. The third-order valence-electron chi connectivity index (χ3n) is 3.07. The Balaban J connectivity index is 2.06. The average Bonchev–Trinajstić information content (AvgIpc) is 2.62. The van der Waals surface area contributed by atoms with E-state index in [1.807, 2.05) is 0 Å². The summed E-state index contributed by atoms with van der Waals surface area (Å²) in [6.45, 7) is 0.676. The fourth-order valence-electron chi connectivity index (χ4n) is 2.06. The van der Waals surface area contributed by atoms with E-state index in [1.165, 1.54) is 6.33 Å². The summed E-state index contributed by atoms with van der Waals surface area (Å²) in [5.74, 6) is -0.00249. The number of benzene rings is 1. The molecule has 2 heterocycles. The van der Waals surface area contributed by atoms with Crippen molar-refractivity contribution in [1.29, 1.82) is 0 Å². The number of amides is 1. The van der Waals surface area contributed by atoms with Crippen molar-refractivity contribution in [3.8, 4) is 5.88 Å². The average molecular weight is 370 g/mol. The van der Waals surface area contributed by atoms with Crippen LogP contribution in [0.25, 0.3) is 0 Å². The lowest BCUT2D eigenvalue weighted by atomic mass is 10.2. The van der Waals surface area contributed by atoms with Gasteiger partial charge in [-0.3, -0.25) is 4.79 Å². The maximum absolute atomic E-state index is 12.7. The highest BCUT2D eigenvalue weighted by molar-refractivity contribution is 9.10. The lowest BCUT2D eigenvalue weighted by Crippen LogP contribution is -2.32. The molecule has 108 valence electrons. The van der Waals surface area contributed by atoms with Crippen LogP contribution in [0, 0.1) is 0 Å². The molecule has 0 saturated carbocycles. The monoisotopic (exact) mass is 368 g/mol. The van der Waals surface area contributed by atoms with Crippen molar-refractivity contribution >= 4 is 44.9 Å². The fraction of sp³-hybridized carbons (Fsp3) is 0.154. The zero-order valence-corrected chi connectivity index (χ0v) is 13.1. The first kappa shape index (κ1) is 14.1. The lowest BCUT2D eigenvalue weighted by Gasteiger charge is -2.20. The number of fused-ring (bicyclic) bond motifs is 1. The quantitative estimate of drug-likeness (QED) is 0.835. The molecule has 2 N–H and O–H groups in total. The number of hydrogen-bond acceptors (Lipinski definition) is 5. The third-order valence-corrected chi connectivity index (χ3v) is 4.30. The van der Waals surface area contributed by atoms with Crippen LogP contribution in [-0.2, 0) is 0 Å². The van der Waals surface area contributed by atoms with Crippen LogP contribution >= 0.6 is 27.5 Å². The number of nitrogen functional groups attached to an aromatic ring is 1. The van der Waals surface area contributed by atoms with Crippen molar-refractivity contribution in [2.45, 2.75) is 0 Å². The summed E-state index contributed by atoms with van der Waals surface area (Å²) in [6.07, 6.45) is 1.27. The number of ether oxygens (including phenoxy) is 1. The largest absolute Gasteiger partial charge is 0.475 e. The summed E-state index contributed by atoms with van der Waals surface area (Å²) in [5.41, 5.74) is 6.62. The summed E-state index contributed by atoms with van der Waals surface area (Å²) < 4.78 is 6.23. The predicted molar refractivity (Wildman–Crippen MR) is 82.8 cm³/mol. The second kappa shape index (κ2) is 5.50. The molecule has 21 heavy (non-hydrogen) atoms. The molecule has 0 fully saturated rings. The van der Waals surface area contributed by atoms with Gasteiger partial charge in [-0.2, -0.15) is 0 Å². The number of aromatic nitrogens is 2. The maximum Gasteiger partial charge on any atom is 0.267 e. The zero-order valence-electron chi connectivity index (χ0n) is 10.7. The van der Waals surface area contributed by atoms with Gasteiger partial charge in [0.15, 0.2) is 0 Å². The fourth-order valence-corrected chi connectivity index (χ4v) is 2.48. The van der Waals surface area contributed by atoms with Crippen LogP contribution in [0.5, 0.6) is 5.88 Å². The van der Waals surface area contributed by atoms with Crippen molar-refractivity contribution in [2.24, 2.45) is 0 Å². The molecular formula is C13H10BrClN4O2. The Morgan fingerprint density at radius 3 is 2.95 bits per heavy atom. The van der Waals surface area contributed by atoms with Crippen LogP contribution in [0.1, 0.15) is 10.4 Å². The van der Waals surface area contributed by atoms with Gasteiger partial charge in [0.25, 0.3) is 5.91 Å². The van der Waals surface area contributed by atoms with Crippen LogP contribution < -0.4 is 15.4 Å². The number of hydrogen-bond donors (Lipinski definition) is 1. The van der Waals surface area contributed by atoms with Gasteiger partial charge in [-0.15, -0.1) is 0 Å². The van der Waals surface area contributed by atoms with Gasteiger partial charge in [0.05, 0.1) is 11.6 Å². The summed E-state index contributed by atoms with van der Waals surface area (Å²) in [5, 5.41) is 0.517. The summed E-state index contributed by atoms with van der Waals surface area (Å²) in [6, 6.07) is 5.27. The molecule has 1 aromatic heterocycles. The summed E-state index contributed by atoms with van der Waals surface area (Å²) >= 11 is 9.41. The van der Waals surface area contributed by atoms with Crippen LogP contribution in [0.2, 0.25) is 5.02 Å². The van der Waals surface area contributed by atoms with Gasteiger partial charge in [-0.05, 0) is 34.1 Å². The highest BCUT2D eigenvalue weighted by Gasteiger charge is 2.28. The van der Waals surface area contributed by atoms with Crippen molar-refractivity contribution in [2.75, 3.05) is 23.8 Å². The highest BCUT2D eigenvalue weighted by Crippen LogP contribution is 2.31. The Bertz CT molecular complexity index is 725. The van der Waals surface area contributed by atoms with Crippen LogP contribution in [0.15, 0.2) is 29.0 Å². The minimum atomic E-state index is -0.306. The molecule has 0 spiro atoms. The molecule has 2 aromatic rings. The van der Waals surface area contributed by atoms with E-state index in [2.05, 4.69) is 25.9 Å². The molecule has 0 unspecified atom stereocenters. The number of carbonyl (C=O) groups is 1. The first-order valence-electron chi connectivity index (χ1n) is 6.08. The summed E-state index contributed by atoms with van der Waals surface area (Å²) in [7, 11) is 0. The maximum atomic E-state index is 12.7. The first-order chi connectivity index (χ1) is 10.1. The van der Waals surface area contributed by atoms with E-state index in [-0.39, 0.29) is 23.2 Å². The van der Waals surface area contributed by atoms with Crippen LogP contribution in [0.4, 0.5) is 11.5 Å². The van der Waals surface area contributed by atoms with Crippen molar-refractivity contribution < 1.29 is 9.53 Å². The second-order valence-electron chi connectivity index (χ2n) is 4.34. The molecular weight excluding hydrogens is 360 g/mol. The van der Waals surface area contributed by atoms with E-state index >= 15 is 0 Å². The highest BCUT2D eigenvalue weighted by atomic mass is 79.9. The molecule has 0 saturated heterocycles. The normalized spacial score (nSPS) is 14.4. The number of nitrogens with zero attached hydrogens (tertiary/aromatic N) is 3. The van der Waals surface area contributed by atoms with Gasteiger partial charge in [-0.1, -0.05) is 11.6 Å². The number of rotatable bonds is 1. The van der Waals surface area contributed by atoms with E-state index in [4.69, 9.17) is 22.1 Å². The minimum absolute atomic E-state index is 0.0973. The van der Waals surface area contributed by atoms with Gasteiger partial charge in [0.1, 0.15) is 24.3 Å².